The SMILES string of the molecule is Nc1cc(=O)n(-c2cccc(C(F)(F)F)c2)nc1C(=O)O. The summed E-state index contributed by atoms with van der Waals surface area (Å²) in [7, 11) is 0. The van der Waals surface area contributed by atoms with Crippen LogP contribution in [0.4, 0.5) is 18.9 Å². The van der Waals surface area contributed by atoms with E-state index in [2.05, 4.69) is 5.10 Å². The quantitative estimate of drug-likeness (QED) is 0.876. The van der Waals surface area contributed by atoms with E-state index in [-0.39, 0.29) is 11.4 Å². The number of hydrogen-bond donors (Lipinski definition) is 2. The first-order valence-electron chi connectivity index (χ1n) is 5.51. The van der Waals surface area contributed by atoms with Gasteiger partial charge in [0.2, 0.25) is 0 Å². The number of nitrogens with zero attached hydrogens (tertiary/aromatic N) is 2. The molecule has 0 bridgehead atoms. The summed E-state index contributed by atoms with van der Waals surface area (Å²) in [6.45, 7) is 0. The van der Waals surface area contributed by atoms with E-state index in [1.165, 1.54) is 6.07 Å². The van der Waals surface area contributed by atoms with Crippen LogP contribution in [0, 0.1) is 0 Å². The van der Waals surface area contributed by atoms with Gasteiger partial charge in [-0.25, -0.2) is 4.79 Å². The van der Waals surface area contributed by atoms with Crippen LogP contribution in [-0.2, 0) is 6.18 Å². The third-order valence-electron chi connectivity index (χ3n) is 2.58. The Morgan fingerprint density at radius 3 is 2.52 bits per heavy atom. The van der Waals surface area contributed by atoms with Crippen molar-refractivity contribution in [2.24, 2.45) is 0 Å². The summed E-state index contributed by atoms with van der Waals surface area (Å²) in [4.78, 5) is 22.6. The molecule has 0 aliphatic rings. The fraction of sp³-hybridized carbons (Fsp3) is 0.0833. The number of anilines is 1. The molecule has 1 heterocycles. The maximum absolute atomic E-state index is 12.6. The van der Waals surface area contributed by atoms with Crippen LogP contribution in [0.2, 0.25) is 0 Å². The van der Waals surface area contributed by atoms with Gasteiger partial charge in [0.15, 0.2) is 5.69 Å². The van der Waals surface area contributed by atoms with Gasteiger partial charge in [-0.15, -0.1) is 0 Å². The minimum atomic E-state index is -4.59. The van der Waals surface area contributed by atoms with E-state index in [9.17, 15) is 22.8 Å². The predicted octanol–water partition coefficient (Wildman–Crippen LogP) is 1.53. The summed E-state index contributed by atoms with van der Waals surface area (Å²) in [5.41, 5.74) is 2.32. The van der Waals surface area contributed by atoms with Gasteiger partial charge in [0.25, 0.3) is 5.56 Å². The first-order valence-corrected chi connectivity index (χ1v) is 5.51. The van der Waals surface area contributed by atoms with Crippen molar-refractivity contribution in [1.82, 2.24) is 9.78 Å². The van der Waals surface area contributed by atoms with Crippen molar-refractivity contribution in [2.75, 3.05) is 5.73 Å². The molecule has 0 radical (unpaired) electrons. The Balaban J connectivity index is 2.65. The number of alkyl halides is 3. The second-order valence-electron chi connectivity index (χ2n) is 4.05. The molecule has 0 saturated carbocycles. The lowest BCUT2D eigenvalue weighted by Crippen LogP contribution is -2.25. The molecule has 0 atom stereocenters. The summed E-state index contributed by atoms with van der Waals surface area (Å²) in [5, 5.41) is 12.4. The number of carbonyl (C=O) groups is 1. The highest BCUT2D eigenvalue weighted by Crippen LogP contribution is 2.30. The Morgan fingerprint density at radius 2 is 1.95 bits per heavy atom. The molecule has 2 aromatic rings. The standard InChI is InChI=1S/C12H8F3N3O3/c13-12(14,15)6-2-1-3-7(4-6)18-9(19)5-8(16)10(17-18)11(20)21/h1-5H,16H2,(H,20,21). The smallest absolute Gasteiger partial charge is 0.416 e. The first-order chi connectivity index (χ1) is 9.70. The Kier molecular flexibility index (Phi) is 3.42. The van der Waals surface area contributed by atoms with Gasteiger partial charge in [-0.2, -0.15) is 23.0 Å². The molecule has 2 rings (SSSR count). The van der Waals surface area contributed by atoms with Gasteiger partial charge in [-0.05, 0) is 18.2 Å². The number of hydrogen-bond acceptors (Lipinski definition) is 4. The molecule has 3 N–H and O–H groups in total. The number of nitrogens with two attached hydrogens (primary N) is 1. The number of halogens is 3. The van der Waals surface area contributed by atoms with Gasteiger partial charge >= 0.3 is 12.1 Å². The van der Waals surface area contributed by atoms with Crippen LogP contribution in [0.5, 0.6) is 0 Å². The lowest BCUT2D eigenvalue weighted by molar-refractivity contribution is -0.137. The summed E-state index contributed by atoms with van der Waals surface area (Å²) < 4.78 is 38.5. The van der Waals surface area contributed by atoms with E-state index in [0.717, 1.165) is 18.2 Å². The van der Waals surface area contributed by atoms with Crippen LogP contribution in [0.3, 0.4) is 0 Å². The molecule has 6 nitrogen and oxygen atoms in total. The predicted molar refractivity (Wildman–Crippen MR) is 66.2 cm³/mol. The minimum absolute atomic E-state index is 0.211. The summed E-state index contributed by atoms with van der Waals surface area (Å²) in [6, 6.07) is 4.59. The van der Waals surface area contributed by atoms with Crippen LogP contribution in [-0.4, -0.2) is 20.9 Å². The van der Waals surface area contributed by atoms with Gasteiger partial charge in [-0.3, -0.25) is 4.79 Å². The van der Waals surface area contributed by atoms with Gasteiger partial charge in [0.05, 0.1) is 16.9 Å². The Morgan fingerprint density at radius 1 is 1.29 bits per heavy atom. The number of aromatic carboxylic acids is 1. The molecule has 21 heavy (non-hydrogen) atoms. The summed E-state index contributed by atoms with van der Waals surface area (Å²) in [6.07, 6.45) is -4.59. The number of rotatable bonds is 2. The molecule has 0 aliphatic carbocycles. The summed E-state index contributed by atoms with van der Waals surface area (Å²) in [5.74, 6) is -1.49. The molecule has 9 heteroatoms. The normalized spacial score (nSPS) is 11.4. The summed E-state index contributed by atoms with van der Waals surface area (Å²) >= 11 is 0. The maximum atomic E-state index is 12.6. The zero-order chi connectivity index (χ0) is 15.8. The third kappa shape index (κ3) is 2.86. The lowest BCUT2D eigenvalue weighted by Gasteiger charge is -2.10. The van der Waals surface area contributed by atoms with E-state index in [0.29, 0.717) is 10.7 Å². The lowest BCUT2D eigenvalue weighted by atomic mass is 10.2. The van der Waals surface area contributed by atoms with E-state index >= 15 is 0 Å². The van der Waals surface area contributed by atoms with Crippen LogP contribution in [0.1, 0.15) is 16.1 Å². The fourth-order valence-corrected chi connectivity index (χ4v) is 1.63. The molecule has 0 unspecified atom stereocenters. The molecule has 0 aliphatic heterocycles. The monoisotopic (exact) mass is 299 g/mol. The number of nitrogen functional groups attached to an aromatic ring is 1. The Hall–Kier alpha value is -2.84. The van der Waals surface area contributed by atoms with Crippen LogP contribution < -0.4 is 11.3 Å². The highest BCUT2D eigenvalue weighted by atomic mass is 19.4. The molecular weight excluding hydrogens is 291 g/mol. The second-order valence-corrected chi connectivity index (χ2v) is 4.05. The van der Waals surface area contributed by atoms with Gasteiger partial charge < -0.3 is 10.8 Å². The largest absolute Gasteiger partial charge is 0.476 e. The van der Waals surface area contributed by atoms with Crippen LogP contribution >= 0.6 is 0 Å². The van der Waals surface area contributed by atoms with E-state index in [1.54, 1.807) is 0 Å². The number of carboxylic acids is 1. The molecule has 0 fully saturated rings. The topological polar surface area (TPSA) is 98.2 Å². The van der Waals surface area contributed by atoms with E-state index in [4.69, 9.17) is 10.8 Å². The highest BCUT2D eigenvalue weighted by Gasteiger charge is 2.30. The van der Waals surface area contributed by atoms with Crippen molar-refractivity contribution in [3.63, 3.8) is 0 Å². The molecule has 0 spiro atoms. The van der Waals surface area contributed by atoms with Gasteiger partial charge in [0, 0.05) is 6.07 Å². The van der Waals surface area contributed by atoms with Crippen molar-refractivity contribution >= 4 is 11.7 Å². The maximum Gasteiger partial charge on any atom is 0.416 e. The Bertz CT molecular complexity index is 768. The number of benzene rings is 1. The molecule has 110 valence electrons. The van der Waals surface area contributed by atoms with Crippen molar-refractivity contribution in [2.45, 2.75) is 6.18 Å². The van der Waals surface area contributed by atoms with E-state index in [1.807, 2.05) is 0 Å². The minimum Gasteiger partial charge on any atom is -0.476 e. The van der Waals surface area contributed by atoms with Crippen molar-refractivity contribution in [1.29, 1.82) is 0 Å². The van der Waals surface area contributed by atoms with Crippen molar-refractivity contribution in [3.05, 3.63) is 51.9 Å². The molecular formula is C12H8F3N3O3. The zero-order valence-electron chi connectivity index (χ0n) is 10.3. The Labute approximate surface area is 115 Å². The molecule has 1 aromatic carbocycles. The van der Waals surface area contributed by atoms with Gasteiger partial charge in [-0.1, -0.05) is 6.07 Å². The molecule has 0 amide bonds. The first kappa shape index (κ1) is 14.6. The average molecular weight is 299 g/mol. The molecule has 1 aromatic heterocycles. The highest BCUT2D eigenvalue weighted by molar-refractivity contribution is 5.90. The van der Waals surface area contributed by atoms with Gasteiger partial charge in [0.1, 0.15) is 0 Å². The third-order valence-corrected chi connectivity index (χ3v) is 2.58. The van der Waals surface area contributed by atoms with Crippen LogP contribution in [0.15, 0.2) is 35.1 Å². The van der Waals surface area contributed by atoms with E-state index < -0.39 is 29.0 Å². The van der Waals surface area contributed by atoms with Crippen molar-refractivity contribution in [3.8, 4) is 5.69 Å². The fourth-order valence-electron chi connectivity index (χ4n) is 1.63. The number of carboxylic acid groups (broad SMARTS) is 1. The van der Waals surface area contributed by atoms with Crippen molar-refractivity contribution < 1.29 is 23.1 Å². The average Bonchev–Trinajstić information content (AvgIpc) is 2.37. The van der Waals surface area contributed by atoms with Crippen LogP contribution in [0.25, 0.3) is 5.69 Å². The zero-order valence-corrected chi connectivity index (χ0v) is 10.3. The second kappa shape index (κ2) is 4.93. The molecule has 0 saturated heterocycles. The number of aromatic nitrogens is 2.